The number of hydrogen-bond donors (Lipinski definition) is 0. The molecule has 0 saturated heterocycles. The van der Waals surface area contributed by atoms with E-state index in [-0.39, 0.29) is 17.6 Å². The van der Waals surface area contributed by atoms with Gasteiger partial charge in [-0.25, -0.2) is 4.79 Å². The SMILES string of the molecule is CCOC(=O)c1ccc(N(Cc2ccncc2)C(=O)CSc2ccc(Cl)cc2)cc1. The van der Waals surface area contributed by atoms with Crippen molar-refractivity contribution in [2.45, 2.75) is 18.4 Å². The van der Waals surface area contributed by atoms with E-state index in [9.17, 15) is 9.59 Å². The molecular weight excluding hydrogens is 420 g/mol. The van der Waals surface area contributed by atoms with Crippen LogP contribution in [0.2, 0.25) is 5.02 Å². The Morgan fingerprint density at radius 1 is 1.00 bits per heavy atom. The third-order valence-corrected chi connectivity index (χ3v) is 5.51. The van der Waals surface area contributed by atoms with E-state index in [1.807, 2.05) is 24.3 Å². The van der Waals surface area contributed by atoms with Gasteiger partial charge in [0.15, 0.2) is 0 Å². The molecule has 5 nitrogen and oxygen atoms in total. The summed E-state index contributed by atoms with van der Waals surface area (Å²) in [5.74, 6) is -0.156. The van der Waals surface area contributed by atoms with Crippen molar-refractivity contribution in [1.29, 1.82) is 0 Å². The monoisotopic (exact) mass is 440 g/mol. The lowest BCUT2D eigenvalue weighted by atomic mass is 10.1. The Labute approximate surface area is 185 Å². The standard InChI is InChI=1S/C23H21ClN2O3S/c1-2-29-23(28)18-3-7-20(8-4-18)26(15-17-11-13-25-14-12-17)22(27)16-30-21-9-5-19(24)6-10-21/h3-14H,2,15-16H2,1H3. The Kier molecular flexibility index (Phi) is 7.88. The molecule has 30 heavy (non-hydrogen) atoms. The third kappa shape index (κ3) is 6.08. The van der Waals surface area contributed by atoms with Gasteiger partial charge in [0, 0.05) is 28.0 Å². The number of rotatable bonds is 8. The Morgan fingerprint density at radius 2 is 1.67 bits per heavy atom. The number of ether oxygens (including phenoxy) is 1. The number of benzene rings is 2. The van der Waals surface area contributed by atoms with Gasteiger partial charge in [0.05, 0.1) is 24.5 Å². The van der Waals surface area contributed by atoms with Gasteiger partial charge in [0.2, 0.25) is 5.91 Å². The van der Waals surface area contributed by atoms with Crippen LogP contribution in [-0.2, 0) is 16.1 Å². The van der Waals surface area contributed by atoms with E-state index in [0.717, 1.165) is 10.5 Å². The van der Waals surface area contributed by atoms with Crippen molar-refractivity contribution in [3.63, 3.8) is 0 Å². The predicted molar refractivity (Wildman–Crippen MR) is 120 cm³/mol. The Hall–Kier alpha value is -2.83. The van der Waals surface area contributed by atoms with Crippen LogP contribution in [0, 0.1) is 0 Å². The molecule has 0 unspecified atom stereocenters. The number of halogens is 1. The molecule has 0 aliphatic rings. The van der Waals surface area contributed by atoms with Gasteiger partial charge < -0.3 is 9.64 Å². The van der Waals surface area contributed by atoms with Gasteiger partial charge >= 0.3 is 5.97 Å². The van der Waals surface area contributed by atoms with E-state index in [2.05, 4.69) is 4.98 Å². The molecule has 0 atom stereocenters. The average molecular weight is 441 g/mol. The Morgan fingerprint density at radius 3 is 2.30 bits per heavy atom. The van der Waals surface area contributed by atoms with E-state index in [1.54, 1.807) is 60.6 Å². The zero-order valence-corrected chi connectivity index (χ0v) is 18.0. The molecule has 0 N–H and O–H groups in total. The van der Waals surface area contributed by atoms with Crippen molar-refractivity contribution in [2.24, 2.45) is 0 Å². The van der Waals surface area contributed by atoms with E-state index in [4.69, 9.17) is 16.3 Å². The number of esters is 1. The zero-order chi connectivity index (χ0) is 21.3. The number of pyridine rings is 1. The number of carbonyl (C=O) groups is 2. The van der Waals surface area contributed by atoms with Crippen LogP contribution < -0.4 is 4.90 Å². The zero-order valence-electron chi connectivity index (χ0n) is 16.5. The fraction of sp³-hybridized carbons (Fsp3) is 0.174. The minimum atomic E-state index is -0.380. The second kappa shape index (κ2) is 10.8. The summed E-state index contributed by atoms with van der Waals surface area (Å²) in [6.07, 6.45) is 3.40. The van der Waals surface area contributed by atoms with Gasteiger partial charge in [-0.2, -0.15) is 0 Å². The summed E-state index contributed by atoms with van der Waals surface area (Å²) in [5, 5.41) is 0.659. The van der Waals surface area contributed by atoms with Gasteiger partial charge in [0.25, 0.3) is 0 Å². The summed E-state index contributed by atoms with van der Waals surface area (Å²) >= 11 is 7.38. The molecule has 3 rings (SSSR count). The van der Waals surface area contributed by atoms with Crippen molar-refractivity contribution in [2.75, 3.05) is 17.3 Å². The highest BCUT2D eigenvalue weighted by atomic mass is 35.5. The quantitative estimate of drug-likeness (QED) is 0.354. The lowest BCUT2D eigenvalue weighted by molar-refractivity contribution is -0.116. The van der Waals surface area contributed by atoms with Crippen LogP contribution in [-0.4, -0.2) is 29.2 Å². The summed E-state index contributed by atoms with van der Waals surface area (Å²) in [6.45, 7) is 2.48. The van der Waals surface area contributed by atoms with Gasteiger partial charge in [-0.1, -0.05) is 11.6 Å². The third-order valence-electron chi connectivity index (χ3n) is 4.26. The molecule has 1 aromatic heterocycles. The molecule has 3 aromatic rings. The molecule has 1 heterocycles. The van der Waals surface area contributed by atoms with Crippen LogP contribution >= 0.6 is 23.4 Å². The fourth-order valence-electron chi connectivity index (χ4n) is 2.74. The van der Waals surface area contributed by atoms with Crippen LogP contribution in [0.5, 0.6) is 0 Å². The molecule has 0 aliphatic heterocycles. The highest BCUT2D eigenvalue weighted by Crippen LogP contribution is 2.24. The molecule has 0 bridgehead atoms. The summed E-state index contributed by atoms with van der Waals surface area (Å²) < 4.78 is 5.03. The number of amides is 1. The number of anilines is 1. The minimum absolute atomic E-state index is 0.0457. The number of aromatic nitrogens is 1. The highest BCUT2D eigenvalue weighted by Gasteiger charge is 2.18. The van der Waals surface area contributed by atoms with Gasteiger partial charge in [-0.3, -0.25) is 9.78 Å². The maximum atomic E-state index is 13.1. The molecule has 154 valence electrons. The second-order valence-corrected chi connectivity index (χ2v) is 7.83. The van der Waals surface area contributed by atoms with E-state index in [1.165, 1.54) is 11.8 Å². The summed E-state index contributed by atoms with van der Waals surface area (Å²) in [6, 6.07) is 18.0. The van der Waals surface area contributed by atoms with E-state index < -0.39 is 0 Å². The van der Waals surface area contributed by atoms with Crippen LogP contribution in [0.1, 0.15) is 22.8 Å². The highest BCUT2D eigenvalue weighted by molar-refractivity contribution is 8.00. The van der Waals surface area contributed by atoms with Gasteiger partial charge in [-0.05, 0) is 73.2 Å². The van der Waals surface area contributed by atoms with Crippen LogP contribution in [0.3, 0.4) is 0 Å². The average Bonchev–Trinajstić information content (AvgIpc) is 2.78. The fourth-order valence-corrected chi connectivity index (χ4v) is 3.64. The van der Waals surface area contributed by atoms with Crippen molar-refractivity contribution >= 4 is 40.9 Å². The van der Waals surface area contributed by atoms with Crippen LogP contribution in [0.15, 0.2) is 78.0 Å². The molecule has 0 radical (unpaired) electrons. The largest absolute Gasteiger partial charge is 0.462 e. The molecule has 0 saturated carbocycles. The summed E-state index contributed by atoms with van der Waals surface area (Å²) in [5.41, 5.74) is 2.12. The normalized spacial score (nSPS) is 10.5. The molecule has 0 aliphatic carbocycles. The maximum Gasteiger partial charge on any atom is 0.338 e. The van der Waals surface area contributed by atoms with Gasteiger partial charge in [0.1, 0.15) is 0 Å². The first-order valence-electron chi connectivity index (χ1n) is 9.41. The molecule has 1 amide bonds. The summed E-state index contributed by atoms with van der Waals surface area (Å²) in [7, 11) is 0. The van der Waals surface area contributed by atoms with Crippen molar-refractivity contribution in [1.82, 2.24) is 4.98 Å². The van der Waals surface area contributed by atoms with Crippen molar-refractivity contribution in [3.05, 3.63) is 89.2 Å². The number of nitrogens with zero attached hydrogens (tertiary/aromatic N) is 2. The molecule has 0 fully saturated rings. The van der Waals surface area contributed by atoms with Crippen LogP contribution in [0.25, 0.3) is 0 Å². The number of hydrogen-bond acceptors (Lipinski definition) is 5. The van der Waals surface area contributed by atoms with Crippen molar-refractivity contribution < 1.29 is 14.3 Å². The molecule has 0 spiro atoms. The first-order valence-corrected chi connectivity index (χ1v) is 10.8. The van der Waals surface area contributed by atoms with E-state index >= 15 is 0 Å². The van der Waals surface area contributed by atoms with Crippen molar-refractivity contribution in [3.8, 4) is 0 Å². The maximum absolute atomic E-state index is 13.1. The number of thioether (sulfide) groups is 1. The minimum Gasteiger partial charge on any atom is -0.462 e. The Bertz CT molecular complexity index is 980. The lowest BCUT2D eigenvalue weighted by Gasteiger charge is -2.23. The molecule has 7 heteroatoms. The second-order valence-electron chi connectivity index (χ2n) is 6.35. The molecule has 2 aromatic carbocycles. The Balaban J connectivity index is 1.78. The first-order chi connectivity index (χ1) is 14.6. The van der Waals surface area contributed by atoms with Gasteiger partial charge in [-0.15, -0.1) is 11.8 Å². The summed E-state index contributed by atoms with van der Waals surface area (Å²) in [4.78, 5) is 31.7. The smallest absolute Gasteiger partial charge is 0.338 e. The lowest BCUT2D eigenvalue weighted by Crippen LogP contribution is -2.32. The predicted octanol–water partition coefficient (Wildman–Crippen LogP) is 5.24. The molecular formula is C23H21ClN2O3S. The first kappa shape index (κ1) is 21.9. The number of carbonyl (C=O) groups excluding carboxylic acids is 2. The van der Waals surface area contributed by atoms with Crippen LogP contribution in [0.4, 0.5) is 5.69 Å². The topological polar surface area (TPSA) is 59.5 Å². The van der Waals surface area contributed by atoms with E-state index in [0.29, 0.717) is 29.4 Å².